The third kappa shape index (κ3) is 2.47. The Morgan fingerprint density at radius 1 is 1.33 bits per heavy atom. The van der Waals surface area contributed by atoms with E-state index in [9.17, 15) is 4.79 Å². The molecule has 0 spiro atoms. The standard InChI is InChI=1S/C16H20O2/c1-4-8-13-14(16(13,2)3)15(17)18-11-12-9-6-5-7-10-12/h4-10,13-14H,11H2,1-3H3/b8-4+. The van der Waals surface area contributed by atoms with E-state index in [0.29, 0.717) is 12.5 Å². The van der Waals surface area contributed by atoms with Crippen LogP contribution in [0.3, 0.4) is 0 Å². The average Bonchev–Trinajstić information content (AvgIpc) is 2.90. The molecule has 2 nitrogen and oxygen atoms in total. The smallest absolute Gasteiger partial charge is 0.310 e. The minimum absolute atomic E-state index is 0.0115. The van der Waals surface area contributed by atoms with Gasteiger partial charge in [-0.2, -0.15) is 0 Å². The van der Waals surface area contributed by atoms with Crippen LogP contribution in [0.4, 0.5) is 0 Å². The van der Waals surface area contributed by atoms with Crippen LogP contribution in [0.5, 0.6) is 0 Å². The highest BCUT2D eigenvalue weighted by Gasteiger charge is 2.61. The zero-order chi connectivity index (χ0) is 13.2. The molecule has 0 aliphatic heterocycles. The van der Waals surface area contributed by atoms with Crippen molar-refractivity contribution >= 4 is 5.97 Å². The van der Waals surface area contributed by atoms with Gasteiger partial charge in [-0.1, -0.05) is 56.3 Å². The summed E-state index contributed by atoms with van der Waals surface area (Å²) in [6, 6.07) is 9.79. The number of allylic oxidation sites excluding steroid dienone is 2. The van der Waals surface area contributed by atoms with Gasteiger partial charge in [-0.15, -0.1) is 0 Å². The van der Waals surface area contributed by atoms with E-state index in [4.69, 9.17) is 4.74 Å². The van der Waals surface area contributed by atoms with E-state index in [-0.39, 0.29) is 17.3 Å². The van der Waals surface area contributed by atoms with Gasteiger partial charge >= 0.3 is 5.97 Å². The highest BCUT2D eigenvalue weighted by atomic mass is 16.5. The molecular weight excluding hydrogens is 224 g/mol. The van der Waals surface area contributed by atoms with Gasteiger partial charge in [0.2, 0.25) is 0 Å². The topological polar surface area (TPSA) is 26.3 Å². The fourth-order valence-electron chi connectivity index (χ4n) is 2.51. The van der Waals surface area contributed by atoms with Crippen molar-refractivity contribution in [3.8, 4) is 0 Å². The first kappa shape index (κ1) is 12.9. The highest BCUT2D eigenvalue weighted by molar-refractivity contribution is 5.78. The molecule has 1 saturated carbocycles. The largest absolute Gasteiger partial charge is 0.461 e. The summed E-state index contributed by atoms with van der Waals surface area (Å²) in [5.74, 6) is 0.259. The van der Waals surface area contributed by atoms with E-state index in [0.717, 1.165) is 5.56 Å². The first-order chi connectivity index (χ1) is 8.57. The van der Waals surface area contributed by atoms with E-state index in [1.165, 1.54) is 0 Å². The predicted octanol–water partition coefficient (Wildman–Crippen LogP) is 3.58. The Bertz CT molecular complexity index is 445. The van der Waals surface area contributed by atoms with Crippen molar-refractivity contribution in [2.45, 2.75) is 27.4 Å². The van der Waals surface area contributed by atoms with E-state index >= 15 is 0 Å². The van der Waals surface area contributed by atoms with Gasteiger partial charge in [-0.05, 0) is 23.8 Å². The second-order valence-corrected chi connectivity index (χ2v) is 5.44. The van der Waals surface area contributed by atoms with Crippen molar-refractivity contribution in [1.82, 2.24) is 0 Å². The molecule has 18 heavy (non-hydrogen) atoms. The zero-order valence-electron chi connectivity index (χ0n) is 11.2. The molecule has 0 heterocycles. The second-order valence-electron chi connectivity index (χ2n) is 5.44. The Kier molecular flexibility index (Phi) is 3.55. The Balaban J connectivity index is 1.90. The van der Waals surface area contributed by atoms with Crippen LogP contribution in [0.1, 0.15) is 26.3 Å². The number of hydrogen-bond donors (Lipinski definition) is 0. The Morgan fingerprint density at radius 3 is 2.61 bits per heavy atom. The van der Waals surface area contributed by atoms with Crippen molar-refractivity contribution in [1.29, 1.82) is 0 Å². The summed E-state index contributed by atoms with van der Waals surface area (Å²) in [5.41, 5.74) is 1.08. The predicted molar refractivity (Wildman–Crippen MR) is 71.8 cm³/mol. The molecule has 2 atom stereocenters. The molecule has 0 radical (unpaired) electrons. The fraction of sp³-hybridized carbons (Fsp3) is 0.438. The van der Waals surface area contributed by atoms with Gasteiger partial charge in [0, 0.05) is 0 Å². The van der Waals surface area contributed by atoms with Crippen molar-refractivity contribution in [2.24, 2.45) is 17.3 Å². The zero-order valence-corrected chi connectivity index (χ0v) is 11.2. The number of carbonyl (C=O) groups excluding carboxylic acids is 1. The van der Waals surface area contributed by atoms with Crippen molar-refractivity contribution in [2.75, 3.05) is 0 Å². The van der Waals surface area contributed by atoms with Gasteiger partial charge in [0.1, 0.15) is 6.61 Å². The lowest BCUT2D eigenvalue weighted by Crippen LogP contribution is -2.10. The van der Waals surface area contributed by atoms with Gasteiger partial charge in [0.15, 0.2) is 0 Å². The molecule has 1 fully saturated rings. The molecule has 1 aromatic carbocycles. The van der Waals surface area contributed by atoms with Gasteiger partial charge in [-0.3, -0.25) is 4.79 Å². The van der Waals surface area contributed by atoms with E-state index < -0.39 is 0 Å². The van der Waals surface area contributed by atoms with Crippen LogP contribution in [0.15, 0.2) is 42.5 Å². The minimum Gasteiger partial charge on any atom is -0.461 e. The van der Waals surface area contributed by atoms with Crippen molar-refractivity contribution in [3.05, 3.63) is 48.0 Å². The van der Waals surface area contributed by atoms with Crippen molar-refractivity contribution in [3.63, 3.8) is 0 Å². The minimum atomic E-state index is -0.0769. The third-order valence-electron chi connectivity index (χ3n) is 3.79. The van der Waals surface area contributed by atoms with Crippen LogP contribution in [0, 0.1) is 17.3 Å². The van der Waals surface area contributed by atoms with Crippen LogP contribution in [-0.4, -0.2) is 5.97 Å². The molecule has 0 saturated heterocycles. The third-order valence-corrected chi connectivity index (χ3v) is 3.79. The van der Waals surface area contributed by atoms with Gasteiger partial charge < -0.3 is 4.74 Å². The molecule has 2 rings (SSSR count). The quantitative estimate of drug-likeness (QED) is 0.597. The van der Waals surface area contributed by atoms with Gasteiger partial charge in [0.25, 0.3) is 0 Å². The number of ether oxygens (including phenoxy) is 1. The summed E-state index contributed by atoms with van der Waals surface area (Å²) in [7, 11) is 0. The number of rotatable bonds is 4. The lowest BCUT2D eigenvalue weighted by Gasteiger charge is -2.05. The normalized spacial score (nSPS) is 25.1. The number of hydrogen-bond acceptors (Lipinski definition) is 2. The van der Waals surface area contributed by atoms with Crippen LogP contribution >= 0.6 is 0 Å². The fourth-order valence-corrected chi connectivity index (χ4v) is 2.51. The Labute approximate surface area is 109 Å². The Morgan fingerprint density at radius 2 is 2.00 bits per heavy atom. The van der Waals surface area contributed by atoms with E-state index in [1.807, 2.05) is 43.3 Å². The molecule has 0 N–H and O–H groups in total. The molecule has 2 heteroatoms. The SMILES string of the molecule is C/C=C/C1C(C(=O)OCc2ccccc2)C1(C)C. The molecule has 0 aromatic heterocycles. The maximum atomic E-state index is 12.0. The van der Waals surface area contributed by atoms with E-state index in [2.05, 4.69) is 19.9 Å². The monoisotopic (exact) mass is 244 g/mol. The van der Waals surface area contributed by atoms with Crippen LogP contribution < -0.4 is 0 Å². The first-order valence-electron chi connectivity index (χ1n) is 6.40. The second kappa shape index (κ2) is 4.97. The average molecular weight is 244 g/mol. The molecule has 0 bridgehead atoms. The summed E-state index contributed by atoms with van der Waals surface area (Å²) < 4.78 is 5.39. The number of carbonyl (C=O) groups is 1. The van der Waals surface area contributed by atoms with Gasteiger partial charge in [-0.25, -0.2) is 0 Å². The molecular formula is C16H20O2. The first-order valence-corrected chi connectivity index (χ1v) is 6.40. The number of esters is 1. The Hall–Kier alpha value is -1.57. The van der Waals surface area contributed by atoms with Crippen LogP contribution in [0.2, 0.25) is 0 Å². The molecule has 1 aromatic rings. The molecule has 1 aliphatic rings. The summed E-state index contributed by atoms with van der Waals surface area (Å²) in [6.45, 7) is 6.59. The van der Waals surface area contributed by atoms with Gasteiger partial charge in [0.05, 0.1) is 5.92 Å². The van der Waals surface area contributed by atoms with Crippen molar-refractivity contribution < 1.29 is 9.53 Å². The lowest BCUT2D eigenvalue weighted by molar-refractivity contribution is -0.147. The maximum Gasteiger partial charge on any atom is 0.310 e. The molecule has 96 valence electrons. The molecule has 0 amide bonds. The summed E-state index contributed by atoms with van der Waals surface area (Å²) in [4.78, 5) is 12.0. The van der Waals surface area contributed by atoms with Crippen LogP contribution in [0.25, 0.3) is 0 Å². The summed E-state index contributed by atoms with van der Waals surface area (Å²) in [5, 5.41) is 0. The molecule has 2 unspecified atom stereocenters. The van der Waals surface area contributed by atoms with E-state index in [1.54, 1.807) is 0 Å². The summed E-state index contributed by atoms with van der Waals surface area (Å²) in [6.07, 6.45) is 4.12. The van der Waals surface area contributed by atoms with Crippen LogP contribution in [-0.2, 0) is 16.1 Å². The lowest BCUT2D eigenvalue weighted by atomic mass is 10.1. The number of benzene rings is 1. The maximum absolute atomic E-state index is 12.0. The summed E-state index contributed by atoms with van der Waals surface area (Å²) >= 11 is 0. The highest BCUT2D eigenvalue weighted by Crippen LogP contribution is 2.59. The molecule has 1 aliphatic carbocycles.